The monoisotopic (exact) mass is 236 g/mol. The van der Waals surface area contributed by atoms with Crippen LogP contribution in [0.3, 0.4) is 0 Å². The summed E-state index contributed by atoms with van der Waals surface area (Å²) in [4.78, 5) is 12.4. The lowest BCUT2D eigenvalue weighted by Crippen LogP contribution is -2.00. The summed E-state index contributed by atoms with van der Waals surface area (Å²) < 4.78 is 31.0. The second-order valence-corrected chi connectivity index (χ2v) is 3.38. The fourth-order valence-electron chi connectivity index (χ4n) is 1.32. The van der Waals surface area contributed by atoms with Crippen molar-refractivity contribution in [3.05, 3.63) is 70.7 Å². The van der Waals surface area contributed by atoms with Crippen LogP contribution in [0.4, 0.5) is 0 Å². The molecule has 84 valence electrons. The number of nitrogens with zero attached hydrogens (tertiary/aromatic N) is 2. The van der Waals surface area contributed by atoms with Gasteiger partial charge in [0.25, 0.3) is 0 Å². The molecular weight excluding hydrogens is 224 g/mol. The molecule has 0 heterocycles. The lowest BCUT2D eigenvalue weighted by Gasteiger charge is -2.01. The summed E-state index contributed by atoms with van der Waals surface area (Å²) in [7, 11) is 0. The minimum atomic E-state index is -0.689. The summed E-state index contributed by atoms with van der Waals surface area (Å²) in [6.07, 6.45) is 0. The zero-order valence-corrected chi connectivity index (χ0v) is 9.11. The third kappa shape index (κ3) is 2.26. The summed E-state index contributed by atoms with van der Waals surface area (Å²) in [5.41, 5.74) is -0.287. The van der Waals surface area contributed by atoms with Gasteiger partial charge in [0.15, 0.2) is 5.78 Å². The van der Waals surface area contributed by atoms with Crippen LogP contribution in [0, 0.1) is 22.7 Å². The van der Waals surface area contributed by atoms with Gasteiger partial charge in [-0.3, -0.25) is 4.79 Å². The molecule has 2 aromatic rings. The van der Waals surface area contributed by atoms with Crippen LogP contribution in [0.15, 0.2) is 48.4 Å². The number of carbonyl (C=O) groups is 1. The molecule has 0 bridgehead atoms. The zero-order valence-electron chi connectivity index (χ0n) is 13.1. The molecule has 0 unspecified atom stereocenters. The van der Waals surface area contributed by atoms with Crippen LogP contribution < -0.4 is 0 Å². The molecule has 0 aliphatic rings. The van der Waals surface area contributed by atoms with Crippen molar-refractivity contribution < 1.29 is 10.3 Å². The molecule has 0 aliphatic heterocycles. The van der Waals surface area contributed by atoms with E-state index in [1.54, 1.807) is 6.07 Å². The summed E-state index contributed by atoms with van der Waals surface area (Å²) >= 11 is 0. The average Bonchev–Trinajstić information content (AvgIpc) is 2.54. The van der Waals surface area contributed by atoms with Gasteiger partial charge in [-0.2, -0.15) is 10.5 Å². The first-order valence-electron chi connectivity index (χ1n) is 6.97. The Morgan fingerprint density at radius 2 is 1.44 bits per heavy atom. The number of rotatable bonds is 2. The lowest BCUT2D eigenvalue weighted by molar-refractivity contribution is 0.103. The molecular formula is C15H8N2O. The molecule has 0 aliphatic carbocycles. The van der Waals surface area contributed by atoms with Crippen LogP contribution in [0.1, 0.15) is 32.5 Å². The number of carbonyl (C=O) groups excluding carboxylic acids is 1. The van der Waals surface area contributed by atoms with E-state index in [0.29, 0.717) is 5.56 Å². The normalized spacial score (nSPS) is 12.3. The highest BCUT2D eigenvalue weighted by Gasteiger charge is 2.08. The molecule has 0 saturated heterocycles. The second-order valence-electron chi connectivity index (χ2n) is 3.38. The van der Waals surface area contributed by atoms with E-state index in [0.717, 1.165) is 0 Å². The minimum Gasteiger partial charge on any atom is -0.289 e. The van der Waals surface area contributed by atoms with E-state index >= 15 is 0 Å². The number of ketones is 1. The van der Waals surface area contributed by atoms with Crippen molar-refractivity contribution >= 4 is 5.78 Å². The Bertz CT molecular complexity index is 832. The van der Waals surface area contributed by atoms with E-state index in [9.17, 15) is 4.79 Å². The Balaban J connectivity index is 2.65. The third-order valence-corrected chi connectivity index (χ3v) is 2.24. The second kappa shape index (κ2) is 4.95. The van der Waals surface area contributed by atoms with Gasteiger partial charge >= 0.3 is 0 Å². The molecule has 0 spiro atoms. The van der Waals surface area contributed by atoms with Gasteiger partial charge in [0.2, 0.25) is 0 Å². The third-order valence-electron chi connectivity index (χ3n) is 2.24. The molecule has 0 saturated carbocycles. The molecule has 3 nitrogen and oxygen atoms in total. The van der Waals surface area contributed by atoms with Crippen LogP contribution in [0.5, 0.6) is 0 Å². The Morgan fingerprint density at radius 3 is 1.94 bits per heavy atom. The maximum atomic E-state index is 12.4. The summed E-state index contributed by atoms with van der Waals surface area (Å²) in [6.45, 7) is 0. The van der Waals surface area contributed by atoms with Crippen LogP contribution in [0.25, 0.3) is 0 Å². The molecule has 0 atom stereocenters. The standard InChI is InChI=1S/C15H8N2O/c16-9-11-1-5-13(6-2-11)15(18)14-7-3-12(10-17)4-8-14/h1-8H/i1D,2D,5D,6D. The van der Waals surface area contributed by atoms with Crippen molar-refractivity contribution in [1.29, 1.82) is 10.5 Å². The van der Waals surface area contributed by atoms with Crippen molar-refractivity contribution in [1.82, 2.24) is 0 Å². The number of benzene rings is 2. The van der Waals surface area contributed by atoms with Gasteiger partial charge < -0.3 is 0 Å². The largest absolute Gasteiger partial charge is 0.289 e. The fourth-order valence-corrected chi connectivity index (χ4v) is 1.32. The summed E-state index contributed by atoms with van der Waals surface area (Å²) in [5, 5.41) is 17.6. The maximum absolute atomic E-state index is 12.4. The van der Waals surface area contributed by atoms with Gasteiger partial charge in [0.05, 0.1) is 28.7 Å². The van der Waals surface area contributed by atoms with Crippen molar-refractivity contribution in [2.45, 2.75) is 0 Å². The maximum Gasteiger partial charge on any atom is 0.193 e. The van der Waals surface area contributed by atoms with E-state index in [-0.39, 0.29) is 5.56 Å². The number of hydrogen-bond donors (Lipinski definition) is 0. The Labute approximate surface area is 110 Å². The smallest absolute Gasteiger partial charge is 0.193 e. The van der Waals surface area contributed by atoms with E-state index in [1.165, 1.54) is 24.3 Å². The molecule has 0 amide bonds. The molecule has 2 rings (SSSR count). The van der Waals surface area contributed by atoms with Crippen molar-refractivity contribution in [3.63, 3.8) is 0 Å². The Hall–Kier alpha value is -2.91. The highest BCUT2D eigenvalue weighted by Crippen LogP contribution is 2.11. The van der Waals surface area contributed by atoms with Crippen LogP contribution in [0.2, 0.25) is 0 Å². The topological polar surface area (TPSA) is 64.7 Å². The minimum absolute atomic E-state index is 0.143. The first-order valence-corrected chi connectivity index (χ1v) is 4.97. The predicted molar refractivity (Wildman–Crippen MR) is 65.7 cm³/mol. The SMILES string of the molecule is [2H]c1c([2H])c(C(=O)c2ccc(C#N)cc2)c([2H])c([2H])c1C#N. The lowest BCUT2D eigenvalue weighted by atomic mass is 10.0. The summed E-state index contributed by atoms with van der Waals surface area (Å²) in [6, 6.07) is 6.94. The highest BCUT2D eigenvalue weighted by molar-refractivity contribution is 6.09. The van der Waals surface area contributed by atoms with E-state index in [4.69, 9.17) is 16.0 Å². The average molecular weight is 236 g/mol. The molecule has 0 aromatic heterocycles. The molecule has 0 N–H and O–H groups in total. The summed E-state index contributed by atoms with van der Waals surface area (Å²) in [5.74, 6) is -0.689. The van der Waals surface area contributed by atoms with Gasteiger partial charge in [0.1, 0.15) is 0 Å². The van der Waals surface area contributed by atoms with Gasteiger partial charge in [-0.1, -0.05) is 0 Å². The van der Waals surface area contributed by atoms with Crippen LogP contribution in [-0.2, 0) is 0 Å². The van der Waals surface area contributed by atoms with Crippen LogP contribution in [-0.4, -0.2) is 5.78 Å². The van der Waals surface area contributed by atoms with Gasteiger partial charge in [-0.15, -0.1) is 0 Å². The van der Waals surface area contributed by atoms with Gasteiger partial charge in [0, 0.05) is 11.1 Å². The predicted octanol–water partition coefficient (Wildman–Crippen LogP) is 2.66. The molecule has 0 radical (unpaired) electrons. The number of nitriles is 2. The molecule has 3 heteroatoms. The Kier molecular flexibility index (Phi) is 2.04. The number of hydrogen-bond acceptors (Lipinski definition) is 3. The fraction of sp³-hybridized carbons (Fsp3) is 0. The molecule has 2 aromatic carbocycles. The first-order chi connectivity index (χ1) is 10.4. The quantitative estimate of drug-likeness (QED) is 0.753. The molecule has 0 fully saturated rings. The van der Waals surface area contributed by atoms with E-state index < -0.39 is 41.1 Å². The first kappa shape index (κ1) is 7.42. The van der Waals surface area contributed by atoms with Gasteiger partial charge in [-0.05, 0) is 48.4 Å². The highest BCUT2D eigenvalue weighted by atomic mass is 16.1. The van der Waals surface area contributed by atoms with E-state index in [2.05, 4.69) is 0 Å². The van der Waals surface area contributed by atoms with Gasteiger partial charge in [-0.25, -0.2) is 0 Å². The van der Waals surface area contributed by atoms with Crippen molar-refractivity contribution in [2.75, 3.05) is 0 Å². The molecule has 18 heavy (non-hydrogen) atoms. The van der Waals surface area contributed by atoms with Crippen LogP contribution >= 0.6 is 0 Å². The Morgan fingerprint density at radius 1 is 0.889 bits per heavy atom. The zero-order chi connectivity index (χ0) is 16.4. The van der Waals surface area contributed by atoms with Crippen molar-refractivity contribution in [2.24, 2.45) is 0 Å². The van der Waals surface area contributed by atoms with E-state index in [1.807, 2.05) is 6.07 Å². The van der Waals surface area contributed by atoms with Crippen molar-refractivity contribution in [3.8, 4) is 12.1 Å².